The van der Waals surface area contributed by atoms with Crippen LogP contribution in [-0.4, -0.2) is 72.8 Å². The summed E-state index contributed by atoms with van der Waals surface area (Å²) in [4.78, 5) is 27.2. The zero-order valence-electron chi connectivity index (χ0n) is 17.2. The van der Waals surface area contributed by atoms with E-state index >= 15 is 0 Å². The number of morpholine rings is 1. The monoisotopic (exact) mass is 393 g/mol. The summed E-state index contributed by atoms with van der Waals surface area (Å²) in [6, 6.07) is 1.85. The summed E-state index contributed by atoms with van der Waals surface area (Å²) in [5.41, 5.74) is 1.14. The lowest BCUT2D eigenvalue weighted by Crippen LogP contribution is -2.53. The van der Waals surface area contributed by atoms with Gasteiger partial charge in [0.2, 0.25) is 0 Å². The van der Waals surface area contributed by atoms with Crippen LogP contribution < -0.4 is 5.32 Å². The molecule has 2 N–H and O–H groups in total. The molecule has 1 aromatic heterocycles. The summed E-state index contributed by atoms with van der Waals surface area (Å²) < 4.78 is 11.6. The van der Waals surface area contributed by atoms with Gasteiger partial charge in [0, 0.05) is 31.6 Å². The second-order valence-electron chi connectivity index (χ2n) is 8.81. The number of carboxylic acid groups (broad SMARTS) is 1. The van der Waals surface area contributed by atoms with Crippen LogP contribution in [0.5, 0.6) is 0 Å². The first-order valence-electron chi connectivity index (χ1n) is 9.79. The topological polar surface area (TPSA) is 95.3 Å². The quantitative estimate of drug-likeness (QED) is 0.795. The average molecular weight is 393 g/mol. The van der Waals surface area contributed by atoms with Crippen molar-refractivity contribution in [2.24, 2.45) is 5.41 Å². The number of furan rings is 1. The van der Waals surface area contributed by atoms with Crippen molar-refractivity contribution in [2.75, 3.05) is 39.8 Å². The Labute approximate surface area is 165 Å². The molecule has 2 aliphatic rings. The Kier molecular flexibility index (Phi) is 6.00. The molecule has 1 aromatic rings. The molecule has 1 aliphatic carbocycles. The summed E-state index contributed by atoms with van der Waals surface area (Å²) in [5.74, 6) is 0.961. The Bertz CT molecular complexity index is 729. The lowest BCUT2D eigenvalue weighted by Gasteiger charge is -2.38. The van der Waals surface area contributed by atoms with Crippen molar-refractivity contribution < 1.29 is 23.8 Å². The smallest absolute Gasteiger partial charge is 0.318 e. The number of aliphatic carboxylic acids is 1. The number of rotatable bonds is 5. The van der Waals surface area contributed by atoms with Gasteiger partial charge in [0.25, 0.3) is 0 Å². The molecule has 0 aromatic carbocycles. The molecule has 8 nitrogen and oxygen atoms in total. The van der Waals surface area contributed by atoms with Gasteiger partial charge in [-0.25, -0.2) is 4.79 Å². The van der Waals surface area contributed by atoms with Gasteiger partial charge in [-0.05, 0) is 31.9 Å². The molecule has 0 saturated carbocycles. The van der Waals surface area contributed by atoms with Gasteiger partial charge in [-0.1, -0.05) is 13.8 Å². The molecule has 0 bridgehead atoms. The number of aryl methyl sites for hydroxylation is 1. The molecule has 1 aliphatic heterocycles. The molecule has 8 heteroatoms. The van der Waals surface area contributed by atoms with E-state index in [4.69, 9.17) is 14.3 Å². The van der Waals surface area contributed by atoms with E-state index in [0.717, 1.165) is 29.9 Å². The number of hydrogen-bond donors (Lipinski definition) is 2. The van der Waals surface area contributed by atoms with Crippen LogP contribution >= 0.6 is 0 Å². The maximum Gasteiger partial charge on any atom is 0.318 e. The Morgan fingerprint density at radius 3 is 2.89 bits per heavy atom. The molecule has 2 unspecified atom stereocenters. The lowest BCUT2D eigenvalue weighted by atomic mass is 9.75. The van der Waals surface area contributed by atoms with Crippen LogP contribution in [0.2, 0.25) is 0 Å². The minimum absolute atomic E-state index is 0.0498. The van der Waals surface area contributed by atoms with Crippen molar-refractivity contribution in [3.8, 4) is 0 Å². The molecule has 156 valence electrons. The van der Waals surface area contributed by atoms with Gasteiger partial charge >= 0.3 is 12.0 Å². The van der Waals surface area contributed by atoms with Gasteiger partial charge in [-0.2, -0.15) is 0 Å². The van der Waals surface area contributed by atoms with Crippen molar-refractivity contribution in [1.29, 1.82) is 0 Å². The maximum absolute atomic E-state index is 12.9. The molecule has 28 heavy (non-hydrogen) atoms. The van der Waals surface area contributed by atoms with Crippen molar-refractivity contribution in [3.05, 3.63) is 23.2 Å². The summed E-state index contributed by atoms with van der Waals surface area (Å²) in [7, 11) is 1.74. The van der Waals surface area contributed by atoms with Crippen molar-refractivity contribution in [3.63, 3.8) is 0 Å². The second kappa shape index (κ2) is 8.13. The van der Waals surface area contributed by atoms with Crippen LogP contribution in [0, 0.1) is 12.3 Å². The van der Waals surface area contributed by atoms with Crippen molar-refractivity contribution in [2.45, 2.75) is 45.8 Å². The zero-order valence-corrected chi connectivity index (χ0v) is 17.2. The van der Waals surface area contributed by atoms with Gasteiger partial charge < -0.3 is 24.5 Å². The minimum Gasteiger partial charge on any atom is -0.480 e. The van der Waals surface area contributed by atoms with Crippen LogP contribution in [-0.2, 0) is 16.0 Å². The Morgan fingerprint density at radius 1 is 1.43 bits per heavy atom. The Morgan fingerprint density at radius 2 is 2.18 bits per heavy atom. The summed E-state index contributed by atoms with van der Waals surface area (Å²) in [6.45, 7) is 8.16. The van der Waals surface area contributed by atoms with E-state index in [1.807, 2.05) is 13.0 Å². The molecule has 1 fully saturated rings. The molecule has 0 radical (unpaired) electrons. The van der Waals surface area contributed by atoms with Gasteiger partial charge in [0.05, 0.1) is 25.3 Å². The highest BCUT2D eigenvalue weighted by molar-refractivity contribution is 5.75. The number of carbonyl (C=O) groups excluding carboxylic acids is 1. The van der Waals surface area contributed by atoms with Crippen LogP contribution in [0.1, 0.15) is 43.4 Å². The fourth-order valence-corrected chi connectivity index (χ4v) is 4.21. The van der Waals surface area contributed by atoms with E-state index < -0.39 is 5.97 Å². The molecule has 2 heterocycles. The van der Waals surface area contributed by atoms with E-state index in [1.165, 1.54) is 0 Å². The number of hydrogen-bond acceptors (Lipinski definition) is 5. The number of ether oxygens (including phenoxy) is 1. The number of carboxylic acids is 1. The van der Waals surface area contributed by atoms with Crippen LogP contribution in [0.3, 0.4) is 0 Å². The zero-order chi connectivity index (χ0) is 20.5. The van der Waals surface area contributed by atoms with Crippen molar-refractivity contribution in [1.82, 2.24) is 15.1 Å². The molecule has 2 amide bonds. The molecular weight excluding hydrogens is 362 g/mol. The van der Waals surface area contributed by atoms with E-state index in [1.54, 1.807) is 16.8 Å². The van der Waals surface area contributed by atoms with Gasteiger partial charge in [-0.3, -0.25) is 9.69 Å². The molecule has 3 rings (SSSR count). The first-order chi connectivity index (χ1) is 13.1. The third-order valence-electron chi connectivity index (χ3n) is 5.38. The number of nitrogens with one attached hydrogen (secondary N) is 1. The predicted octanol–water partition coefficient (Wildman–Crippen LogP) is 2.03. The lowest BCUT2D eigenvalue weighted by molar-refractivity contribution is -0.138. The molecular formula is C20H31N3O5. The third-order valence-corrected chi connectivity index (χ3v) is 5.38. The average Bonchev–Trinajstić information content (AvgIpc) is 2.93. The number of amides is 2. The second-order valence-corrected chi connectivity index (χ2v) is 8.81. The highest BCUT2D eigenvalue weighted by atomic mass is 16.5. The van der Waals surface area contributed by atoms with Gasteiger partial charge in [0.15, 0.2) is 0 Å². The highest BCUT2D eigenvalue weighted by Crippen LogP contribution is 2.42. The SMILES string of the molecule is Cc1cc2c(o1)CC(C)(C)CC2NC(=O)N1CCOC(CN(C)CC(=O)O)C1. The first kappa shape index (κ1) is 20.7. The van der Waals surface area contributed by atoms with Crippen LogP contribution in [0.25, 0.3) is 0 Å². The van der Waals surface area contributed by atoms with Gasteiger partial charge in [-0.15, -0.1) is 0 Å². The first-order valence-corrected chi connectivity index (χ1v) is 9.79. The minimum atomic E-state index is -0.876. The largest absolute Gasteiger partial charge is 0.480 e. The predicted molar refractivity (Wildman–Crippen MR) is 103 cm³/mol. The Balaban J connectivity index is 1.62. The van der Waals surface area contributed by atoms with Crippen LogP contribution in [0.15, 0.2) is 10.5 Å². The molecule has 1 saturated heterocycles. The molecule has 2 atom stereocenters. The normalized spacial score (nSPS) is 24.1. The fourth-order valence-electron chi connectivity index (χ4n) is 4.21. The van der Waals surface area contributed by atoms with E-state index in [9.17, 15) is 9.59 Å². The van der Waals surface area contributed by atoms with E-state index in [2.05, 4.69) is 19.2 Å². The molecule has 0 spiro atoms. The summed E-state index contributed by atoms with van der Waals surface area (Å²) in [5, 5.41) is 12.1. The highest BCUT2D eigenvalue weighted by Gasteiger charge is 2.36. The maximum atomic E-state index is 12.9. The number of carbonyl (C=O) groups is 2. The number of nitrogens with zero attached hydrogens (tertiary/aromatic N) is 2. The number of fused-ring (bicyclic) bond motifs is 1. The van der Waals surface area contributed by atoms with Crippen LogP contribution in [0.4, 0.5) is 4.79 Å². The fraction of sp³-hybridized carbons (Fsp3) is 0.700. The third kappa shape index (κ3) is 5.05. The summed E-state index contributed by atoms with van der Waals surface area (Å²) in [6.07, 6.45) is 1.54. The standard InChI is InChI=1S/C20H31N3O5/c1-13-7-15-16(8-20(2,3)9-17(15)28-13)21-19(26)23-5-6-27-14(11-23)10-22(4)12-18(24)25/h7,14,16H,5-6,8-12H2,1-4H3,(H,21,26)(H,24,25). The Hall–Kier alpha value is -2.06. The number of likely N-dealkylation sites (N-methyl/N-ethyl adjacent to an activating group) is 1. The van der Waals surface area contributed by atoms with Crippen molar-refractivity contribution >= 4 is 12.0 Å². The van der Waals surface area contributed by atoms with E-state index in [0.29, 0.717) is 26.2 Å². The van der Waals surface area contributed by atoms with E-state index in [-0.39, 0.29) is 30.1 Å². The number of urea groups is 1. The van der Waals surface area contributed by atoms with Gasteiger partial charge in [0.1, 0.15) is 11.5 Å². The summed E-state index contributed by atoms with van der Waals surface area (Å²) >= 11 is 0.